The average Bonchev–Trinajstić information content (AvgIpc) is 2.14. The number of hydrogen-bond acceptors (Lipinski definition) is 2. The SMILES string of the molecule is Cc1cc(F)ccc1[C@@H](N)CCCO. The van der Waals surface area contributed by atoms with Gasteiger partial charge in [-0.3, -0.25) is 0 Å². The highest BCUT2D eigenvalue weighted by Crippen LogP contribution is 2.20. The number of aryl methyl sites for hydroxylation is 1. The maximum atomic E-state index is 12.8. The molecule has 1 atom stereocenters. The van der Waals surface area contributed by atoms with Crippen LogP contribution in [0.25, 0.3) is 0 Å². The lowest BCUT2D eigenvalue weighted by Gasteiger charge is -2.13. The third-order valence-corrected chi connectivity index (χ3v) is 2.30. The zero-order valence-corrected chi connectivity index (χ0v) is 8.33. The largest absolute Gasteiger partial charge is 0.396 e. The first-order valence-electron chi connectivity index (χ1n) is 4.77. The molecule has 1 rings (SSSR count). The molecular formula is C11H16FNO. The molecule has 0 aliphatic carbocycles. The first kappa shape index (κ1) is 11.1. The second-order valence-corrected chi connectivity index (χ2v) is 3.47. The number of benzene rings is 1. The Balaban J connectivity index is 2.74. The Morgan fingerprint density at radius 2 is 2.21 bits per heavy atom. The van der Waals surface area contributed by atoms with Crippen molar-refractivity contribution in [2.75, 3.05) is 6.61 Å². The Bertz CT molecular complexity index is 301. The summed E-state index contributed by atoms with van der Waals surface area (Å²) in [5.41, 5.74) is 7.73. The van der Waals surface area contributed by atoms with Crippen LogP contribution in [0.3, 0.4) is 0 Å². The van der Waals surface area contributed by atoms with Crippen LogP contribution in [0.4, 0.5) is 4.39 Å². The third kappa shape index (κ3) is 2.79. The van der Waals surface area contributed by atoms with Gasteiger partial charge in [0.2, 0.25) is 0 Å². The molecule has 0 aromatic heterocycles. The van der Waals surface area contributed by atoms with E-state index in [0.29, 0.717) is 6.42 Å². The Morgan fingerprint density at radius 3 is 2.79 bits per heavy atom. The van der Waals surface area contributed by atoms with E-state index in [2.05, 4.69) is 0 Å². The lowest BCUT2D eigenvalue weighted by atomic mass is 9.98. The van der Waals surface area contributed by atoms with Gasteiger partial charge in [0.15, 0.2) is 0 Å². The lowest BCUT2D eigenvalue weighted by Crippen LogP contribution is -2.12. The zero-order valence-electron chi connectivity index (χ0n) is 8.33. The van der Waals surface area contributed by atoms with Gasteiger partial charge < -0.3 is 10.8 Å². The van der Waals surface area contributed by atoms with Gasteiger partial charge in [0.25, 0.3) is 0 Å². The fraction of sp³-hybridized carbons (Fsp3) is 0.455. The van der Waals surface area contributed by atoms with Gasteiger partial charge in [-0.2, -0.15) is 0 Å². The van der Waals surface area contributed by atoms with E-state index in [1.54, 1.807) is 6.07 Å². The highest BCUT2D eigenvalue weighted by molar-refractivity contribution is 5.29. The molecule has 1 aromatic rings. The summed E-state index contributed by atoms with van der Waals surface area (Å²) in [5.74, 6) is -0.236. The monoisotopic (exact) mass is 197 g/mol. The van der Waals surface area contributed by atoms with E-state index in [9.17, 15) is 4.39 Å². The lowest BCUT2D eigenvalue weighted by molar-refractivity contribution is 0.280. The predicted octanol–water partition coefficient (Wildman–Crippen LogP) is 1.91. The van der Waals surface area contributed by atoms with E-state index in [1.807, 2.05) is 6.92 Å². The molecule has 78 valence electrons. The van der Waals surface area contributed by atoms with Crippen molar-refractivity contribution in [2.24, 2.45) is 5.73 Å². The van der Waals surface area contributed by atoms with Crippen LogP contribution < -0.4 is 5.73 Å². The van der Waals surface area contributed by atoms with Crippen molar-refractivity contribution < 1.29 is 9.50 Å². The number of aliphatic hydroxyl groups is 1. The van der Waals surface area contributed by atoms with Crippen molar-refractivity contribution in [3.8, 4) is 0 Å². The summed E-state index contributed by atoms with van der Waals surface area (Å²) in [6.07, 6.45) is 1.40. The zero-order chi connectivity index (χ0) is 10.6. The van der Waals surface area contributed by atoms with Crippen molar-refractivity contribution in [3.63, 3.8) is 0 Å². The maximum Gasteiger partial charge on any atom is 0.123 e. The summed E-state index contributed by atoms with van der Waals surface area (Å²) in [4.78, 5) is 0. The normalized spacial score (nSPS) is 12.9. The van der Waals surface area contributed by atoms with Crippen molar-refractivity contribution in [1.82, 2.24) is 0 Å². The topological polar surface area (TPSA) is 46.2 Å². The van der Waals surface area contributed by atoms with Gasteiger partial charge in [-0.15, -0.1) is 0 Å². The third-order valence-electron chi connectivity index (χ3n) is 2.30. The standard InChI is InChI=1S/C11H16FNO/c1-8-7-9(12)4-5-10(8)11(13)3-2-6-14/h4-5,7,11,14H,2-3,6,13H2,1H3/t11-/m0/s1. The van der Waals surface area contributed by atoms with E-state index in [-0.39, 0.29) is 18.5 Å². The van der Waals surface area contributed by atoms with E-state index in [0.717, 1.165) is 17.5 Å². The molecule has 3 heteroatoms. The van der Waals surface area contributed by atoms with Gasteiger partial charge in [-0.1, -0.05) is 6.07 Å². The Morgan fingerprint density at radius 1 is 1.50 bits per heavy atom. The summed E-state index contributed by atoms with van der Waals surface area (Å²) in [6.45, 7) is 1.99. The van der Waals surface area contributed by atoms with Crippen molar-refractivity contribution in [1.29, 1.82) is 0 Å². The van der Waals surface area contributed by atoms with Crippen molar-refractivity contribution >= 4 is 0 Å². The molecule has 0 radical (unpaired) electrons. The van der Waals surface area contributed by atoms with Crippen LogP contribution in [0.1, 0.15) is 30.0 Å². The van der Waals surface area contributed by atoms with Crippen molar-refractivity contribution in [3.05, 3.63) is 35.1 Å². The van der Waals surface area contributed by atoms with Gasteiger partial charge in [-0.05, 0) is 43.0 Å². The van der Waals surface area contributed by atoms with Crippen LogP contribution >= 0.6 is 0 Å². The molecule has 0 amide bonds. The van der Waals surface area contributed by atoms with Crippen molar-refractivity contribution in [2.45, 2.75) is 25.8 Å². The minimum absolute atomic E-state index is 0.109. The number of nitrogens with two attached hydrogens (primary N) is 1. The molecule has 1 aromatic carbocycles. The van der Waals surface area contributed by atoms with Gasteiger partial charge >= 0.3 is 0 Å². The molecule has 0 fully saturated rings. The average molecular weight is 197 g/mol. The fourth-order valence-corrected chi connectivity index (χ4v) is 1.52. The second kappa shape index (κ2) is 5.08. The van der Waals surface area contributed by atoms with E-state index in [1.165, 1.54) is 12.1 Å². The van der Waals surface area contributed by atoms with E-state index in [4.69, 9.17) is 10.8 Å². The Labute approximate surface area is 83.6 Å². The first-order valence-corrected chi connectivity index (χ1v) is 4.77. The maximum absolute atomic E-state index is 12.8. The van der Waals surface area contributed by atoms with E-state index < -0.39 is 0 Å². The highest BCUT2D eigenvalue weighted by Gasteiger charge is 2.08. The predicted molar refractivity (Wildman–Crippen MR) is 54.4 cm³/mol. The molecule has 14 heavy (non-hydrogen) atoms. The Hall–Kier alpha value is -0.930. The molecule has 0 saturated carbocycles. The number of rotatable bonds is 4. The highest BCUT2D eigenvalue weighted by atomic mass is 19.1. The molecule has 3 N–H and O–H groups in total. The Kier molecular flexibility index (Phi) is 4.04. The minimum Gasteiger partial charge on any atom is -0.396 e. The summed E-state index contributed by atoms with van der Waals surface area (Å²) in [5, 5.41) is 8.66. The fourth-order valence-electron chi connectivity index (χ4n) is 1.52. The quantitative estimate of drug-likeness (QED) is 0.774. The van der Waals surface area contributed by atoms with Crippen LogP contribution in [-0.2, 0) is 0 Å². The van der Waals surface area contributed by atoms with Crippen LogP contribution in [-0.4, -0.2) is 11.7 Å². The van der Waals surface area contributed by atoms with Crippen LogP contribution in [0.15, 0.2) is 18.2 Å². The van der Waals surface area contributed by atoms with E-state index >= 15 is 0 Å². The van der Waals surface area contributed by atoms with Crippen LogP contribution in [0, 0.1) is 12.7 Å². The molecule has 0 unspecified atom stereocenters. The molecular weight excluding hydrogens is 181 g/mol. The summed E-state index contributed by atoms with van der Waals surface area (Å²) < 4.78 is 12.8. The first-order chi connectivity index (χ1) is 6.65. The summed E-state index contributed by atoms with van der Waals surface area (Å²) >= 11 is 0. The van der Waals surface area contributed by atoms with Gasteiger partial charge in [0.05, 0.1) is 0 Å². The van der Waals surface area contributed by atoms with Gasteiger partial charge in [-0.25, -0.2) is 4.39 Å². The molecule has 2 nitrogen and oxygen atoms in total. The number of hydrogen-bond donors (Lipinski definition) is 2. The van der Waals surface area contributed by atoms with Crippen LogP contribution in [0.2, 0.25) is 0 Å². The molecule has 0 aliphatic heterocycles. The summed E-state index contributed by atoms with van der Waals surface area (Å²) in [7, 11) is 0. The minimum atomic E-state index is -0.236. The summed E-state index contributed by atoms with van der Waals surface area (Å²) in [6, 6.07) is 4.50. The molecule has 0 spiro atoms. The van der Waals surface area contributed by atoms with Crippen LogP contribution in [0.5, 0.6) is 0 Å². The molecule has 0 bridgehead atoms. The van der Waals surface area contributed by atoms with Gasteiger partial charge in [0, 0.05) is 12.6 Å². The molecule has 0 saturated heterocycles. The smallest absolute Gasteiger partial charge is 0.123 e. The second-order valence-electron chi connectivity index (χ2n) is 3.47. The number of halogens is 1. The molecule has 0 heterocycles. The molecule has 0 aliphatic rings. The number of aliphatic hydroxyl groups excluding tert-OH is 1. The van der Waals surface area contributed by atoms with Gasteiger partial charge in [0.1, 0.15) is 5.82 Å².